The number of imidazole rings is 1. The highest BCUT2D eigenvalue weighted by atomic mass is 19.4. The van der Waals surface area contributed by atoms with Crippen LogP contribution in [0.2, 0.25) is 0 Å². The molecule has 146 valence electrons. The van der Waals surface area contributed by atoms with E-state index in [0.29, 0.717) is 13.1 Å². The minimum atomic E-state index is -4.40. The van der Waals surface area contributed by atoms with E-state index in [1.54, 1.807) is 11.1 Å². The lowest BCUT2D eigenvalue weighted by atomic mass is 10.0. The van der Waals surface area contributed by atoms with Crippen molar-refractivity contribution in [3.63, 3.8) is 0 Å². The lowest BCUT2D eigenvalue weighted by molar-refractivity contribution is -0.137. The van der Waals surface area contributed by atoms with Crippen molar-refractivity contribution in [3.8, 4) is 0 Å². The first-order valence-electron chi connectivity index (χ1n) is 9.06. The summed E-state index contributed by atoms with van der Waals surface area (Å²) < 4.78 is 40.0. The van der Waals surface area contributed by atoms with Crippen molar-refractivity contribution in [3.05, 3.63) is 59.5 Å². The molecule has 0 bridgehead atoms. The summed E-state index contributed by atoms with van der Waals surface area (Å²) in [5, 5.41) is 0. The Morgan fingerprint density at radius 1 is 1.21 bits per heavy atom. The van der Waals surface area contributed by atoms with E-state index in [0.717, 1.165) is 42.0 Å². The normalized spacial score (nSPS) is 17.4. The third-order valence-electron chi connectivity index (χ3n) is 5.22. The zero-order chi connectivity index (χ0) is 19.9. The minimum absolute atomic E-state index is 0.233. The number of pyridine rings is 1. The zero-order valence-corrected chi connectivity index (χ0v) is 15.3. The van der Waals surface area contributed by atoms with E-state index in [9.17, 15) is 18.0 Å². The van der Waals surface area contributed by atoms with Gasteiger partial charge in [0.05, 0.1) is 5.56 Å². The number of aromatic nitrogens is 3. The quantitative estimate of drug-likeness (QED) is 0.688. The molecule has 0 spiro atoms. The van der Waals surface area contributed by atoms with Crippen molar-refractivity contribution in [1.82, 2.24) is 19.4 Å². The van der Waals surface area contributed by atoms with Gasteiger partial charge in [-0.05, 0) is 48.7 Å². The number of amides is 1. The summed E-state index contributed by atoms with van der Waals surface area (Å²) >= 11 is 0. The van der Waals surface area contributed by atoms with Gasteiger partial charge in [0.15, 0.2) is 5.65 Å². The van der Waals surface area contributed by atoms with Crippen molar-refractivity contribution < 1.29 is 18.0 Å². The standard InChI is InChI=1S/C20H19F3N4O/c1-26-17(25-16-3-2-9-24-18(16)26)11-13-8-10-27(12-13)19(28)14-4-6-15(7-5-14)20(21,22)23/h2-7,9,13H,8,10-12H2,1H3/t13-/m0/s1. The molecule has 28 heavy (non-hydrogen) atoms. The maximum Gasteiger partial charge on any atom is 0.416 e. The first kappa shape index (κ1) is 18.5. The summed E-state index contributed by atoms with van der Waals surface area (Å²) in [4.78, 5) is 23.3. The summed E-state index contributed by atoms with van der Waals surface area (Å²) in [6.07, 6.45) is -1.11. The summed E-state index contributed by atoms with van der Waals surface area (Å²) in [5.74, 6) is 0.944. The van der Waals surface area contributed by atoms with Crippen LogP contribution in [0.1, 0.15) is 28.2 Å². The molecular weight excluding hydrogens is 369 g/mol. The predicted octanol–water partition coefficient (Wildman–Crippen LogP) is 3.69. The van der Waals surface area contributed by atoms with Crippen molar-refractivity contribution in [2.75, 3.05) is 13.1 Å². The van der Waals surface area contributed by atoms with Crippen molar-refractivity contribution >= 4 is 17.1 Å². The summed E-state index contributed by atoms with van der Waals surface area (Å²) in [5.41, 5.74) is 1.20. The maximum absolute atomic E-state index is 12.7. The van der Waals surface area contributed by atoms with Gasteiger partial charge in [0.2, 0.25) is 0 Å². The third-order valence-corrected chi connectivity index (χ3v) is 5.22. The maximum atomic E-state index is 12.7. The minimum Gasteiger partial charge on any atom is -0.338 e. The van der Waals surface area contributed by atoms with Crippen LogP contribution in [-0.4, -0.2) is 38.4 Å². The number of nitrogens with zero attached hydrogens (tertiary/aromatic N) is 4. The highest BCUT2D eigenvalue weighted by molar-refractivity contribution is 5.94. The summed E-state index contributed by atoms with van der Waals surface area (Å²) in [6.45, 7) is 1.16. The molecule has 4 rings (SSSR count). The Morgan fingerprint density at radius 3 is 2.64 bits per heavy atom. The van der Waals surface area contributed by atoms with Gasteiger partial charge in [-0.3, -0.25) is 4.79 Å². The van der Waals surface area contributed by atoms with Crippen LogP contribution in [0.25, 0.3) is 11.2 Å². The van der Waals surface area contributed by atoms with E-state index in [1.165, 1.54) is 12.1 Å². The lowest BCUT2D eigenvalue weighted by Gasteiger charge is -2.17. The van der Waals surface area contributed by atoms with E-state index in [1.807, 2.05) is 23.7 Å². The molecule has 1 atom stereocenters. The molecule has 0 unspecified atom stereocenters. The van der Waals surface area contributed by atoms with Gasteiger partial charge in [0.1, 0.15) is 11.3 Å². The number of halogens is 3. The largest absolute Gasteiger partial charge is 0.416 e. The second-order valence-corrected chi connectivity index (χ2v) is 7.12. The molecule has 3 aromatic rings. The first-order chi connectivity index (χ1) is 13.3. The fourth-order valence-corrected chi connectivity index (χ4v) is 3.68. The Bertz CT molecular complexity index is 1010. The average Bonchev–Trinajstić information content (AvgIpc) is 3.26. The number of carbonyl (C=O) groups excluding carboxylic acids is 1. The van der Waals surface area contributed by atoms with E-state index in [2.05, 4.69) is 9.97 Å². The molecule has 5 nitrogen and oxygen atoms in total. The summed E-state index contributed by atoms with van der Waals surface area (Å²) in [7, 11) is 1.93. The van der Waals surface area contributed by atoms with Crippen LogP contribution >= 0.6 is 0 Å². The number of carbonyl (C=O) groups is 1. The number of fused-ring (bicyclic) bond motifs is 1. The van der Waals surface area contributed by atoms with Gasteiger partial charge >= 0.3 is 6.18 Å². The zero-order valence-electron chi connectivity index (χ0n) is 15.3. The second kappa shape index (κ2) is 6.92. The molecule has 8 heteroatoms. The molecule has 0 aliphatic carbocycles. The molecule has 0 N–H and O–H groups in total. The average molecular weight is 388 g/mol. The Morgan fingerprint density at radius 2 is 1.96 bits per heavy atom. The molecule has 1 fully saturated rings. The van der Waals surface area contributed by atoms with Crippen molar-refractivity contribution in [2.24, 2.45) is 13.0 Å². The molecular formula is C20H19F3N4O. The third kappa shape index (κ3) is 3.46. The molecule has 1 saturated heterocycles. The van der Waals surface area contributed by atoms with E-state index < -0.39 is 11.7 Å². The summed E-state index contributed by atoms with van der Waals surface area (Å²) in [6, 6.07) is 8.16. The number of alkyl halides is 3. The molecule has 0 saturated carbocycles. The van der Waals surface area contributed by atoms with Gasteiger partial charge in [-0.1, -0.05) is 0 Å². The van der Waals surface area contributed by atoms with Gasteiger partial charge in [-0.2, -0.15) is 13.2 Å². The number of benzene rings is 1. The van der Waals surface area contributed by atoms with E-state index in [4.69, 9.17) is 0 Å². The Labute approximate surface area is 159 Å². The fraction of sp³-hybridized carbons (Fsp3) is 0.350. The molecule has 1 aliphatic heterocycles. The highest BCUT2D eigenvalue weighted by Crippen LogP contribution is 2.30. The molecule has 1 amide bonds. The van der Waals surface area contributed by atoms with Crippen molar-refractivity contribution in [1.29, 1.82) is 0 Å². The number of likely N-dealkylation sites (tertiary alicyclic amines) is 1. The number of rotatable bonds is 3. The molecule has 2 aromatic heterocycles. The van der Waals surface area contributed by atoms with Gasteiger partial charge in [-0.25, -0.2) is 9.97 Å². The van der Waals surface area contributed by atoms with Crippen LogP contribution in [0.3, 0.4) is 0 Å². The van der Waals surface area contributed by atoms with Crippen LogP contribution in [0, 0.1) is 5.92 Å². The predicted molar refractivity (Wildman–Crippen MR) is 97.7 cm³/mol. The Balaban J connectivity index is 1.43. The fourth-order valence-electron chi connectivity index (χ4n) is 3.68. The first-order valence-corrected chi connectivity index (χ1v) is 9.06. The highest BCUT2D eigenvalue weighted by Gasteiger charge is 2.31. The van der Waals surface area contributed by atoms with Gasteiger partial charge < -0.3 is 9.47 Å². The van der Waals surface area contributed by atoms with Crippen molar-refractivity contribution in [2.45, 2.75) is 19.0 Å². The topological polar surface area (TPSA) is 51.0 Å². The Kier molecular flexibility index (Phi) is 4.56. The molecule has 1 aliphatic rings. The van der Waals surface area contributed by atoms with Gasteiger partial charge in [-0.15, -0.1) is 0 Å². The molecule has 0 radical (unpaired) electrons. The smallest absolute Gasteiger partial charge is 0.338 e. The number of hydrogen-bond acceptors (Lipinski definition) is 3. The lowest BCUT2D eigenvalue weighted by Crippen LogP contribution is -2.29. The Hall–Kier alpha value is -2.90. The second-order valence-electron chi connectivity index (χ2n) is 7.12. The van der Waals surface area contributed by atoms with E-state index in [-0.39, 0.29) is 17.4 Å². The van der Waals surface area contributed by atoms with E-state index >= 15 is 0 Å². The van der Waals surface area contributed by atoms with Crippen LogP contribution in [0.5, 0.6) is 0 Å². The number of hydrogen-bond donors (Lipinski definition) is 0. The van der Waals surface area contributed by atoms with Crippen LogP contribution in [0.4, 0.5) is 13.2 Å². The monoisotopic (exact) mass is 388 g/mol. The number of aryl methyl sites for hydroxylation is 1. The molecule has 1 aromatic carbocycles. The van der Waals surface area contributed by atoms with Gasteiger partial charge in [0, 0.05) is 38.3 Å². The molecule has 3 heterocycles. The SMILES string of the molecule is Cn1c(C[C@@H]2CCN(C(=O)c3ccc(C(F)(F)F)cc3)C2)nc2cccnc21. The van der Waals surface area contributed by atoms with Gasteiger partial charge in [0.25, 0.3) is 5.91 Å². The van der Waals surface area contributed by atoms with Crippen LogP contribution in [-0.2, 0) is 19.6 Å². The van der Waals surface area contributed by atoms with Crippen LogP contribution < -0.4 is 0 Å². The van der Waals surface area contributed by atoms with Crippen LogP contribution in [0.15, 0.2) is 42.6 Å².